The lowest BCUT2D eigenvalue weighted by Crippen LogP contribution is -2.24. The Morgan fingerprint density at radius 2 is 1.90 bits per heavy atom. The van der Waals surface area contributed by atoms with E-state index in [-0.39, 0.29) is 17.7 Å². The summed E-state index contributed by atoms with van der Waals surface area (Å²) in [5.41, 5.74) is 2.38. The molecule has 0 bridgehead atoms. The van der Waals surface area contributed by atoms with Crippen molar-refractivity contribution in [3.05, 3.63) is 69.7 Å². The third-order valence-corrected chi connectivity index (χ3v) is 3.75. The first-order valence-corrected chi connectivity index (χ1v) is 7.32. The maximum atomic E-state index is 14.1. The topological polar surface area (TPSA) is 12.0 Å². The molecule has 0 saturated carbocycles. The van der Waals surface area contributed by atoms with Gasteiger partial charge in [0.05, 0.1) is 0 Å². The molecule has 0 spiro atoms. The molecule has 2 aromatic carbocycles. The second-order valence-electron chi connectivity index (χ2n) is 5.05. The van der Waals surface area contributed by atoms with Crippen LogP contribution < -0.4 is 5.32 Å². The molecule has 1 atom stereocenters. The van der Waals surface area contributed by atoms with Crippen LogP contribution in [0.4, 0.5) is 8.78 Å². The van der Waals surface area contributed by atoms with Crippen LogP contribution in [0.2, 0.25) is 5.02 Å². The van der Waals surface area contributed by atoms with Gasteiger partial charge in [-0.3, -0.25) is 0 Å². The van der Waals surface area contributed by atoms with E-state index in [4.69, 9.17) is 11.6 Å². The molecular formula is C17H18ClF2N. The van der Waals surface area contributed by atoms with E-state index in [0.29, 0.717) is 23.6 Å². The van der Waals surface area contributed by atoms with Crippen LogP contribution in [0.5, 0.6) is 0 Å². The van der Waals surface area contributed by atoms with Crippen LogP contribution in [-0.2, 0) is 6.42 Å². The summed E-state index contributed by atoms with van der Waals surface area (Å²) in [7, 11) is 0. The van der Waals surface area contributed by atoms with Gasteiger partial charge in [0.25, 0.3) is 0 Å². The SMILES string of the molecule is CCNC(Cc1ccc(F)cc1C)c1cc(Cl)ccc1F. The van der Waals surface area contributed by atoms with Gasteiger partial charge < -0.3 is 5.32 Å². The Kier molecular flexibility index (Phi) is 5.32. The molecule has 1 N–H and O–H groups in total. The zero-order chi connectivity index (χ0) is 15.4. The second-order valence-corrected chi connectivity index (χ2v) is 5.49. The van der Waals surface area contributed by atoms with Gasteiger partial charge in [-0.1, -0.05) is 24.6 Å². The van der Waals surface area contributed by atoms with Crippen LogP contribution in [0.3, 0.4) is 0 Å². The van der Waals surface area contributed by atoms with Crippen molar-refractivity contribution in [2.75, 3.05) is 6.54 Å². The van der Waals surface area contributed by atoms with Crippen molar-refractivity contribution in [1.82, 2.24) is 5.32 Å². The first-order valence-electron chi connectivity index (χ1n) is 6.94. The van der Waals surface area contributed by atoms with Crippen molar-refractivity contribution in [2.24, 2.45) is 0 Å². The highest BCUT2D eigenvalue weighted by molar-refractivity contribution is 6.30. The van der Waals surface area contributed by atoms with Gasteiger partial charge in [0.1, 0.15) is 11.6 Å². The monoisotopic (exact) mass is 309 g/mol. The van der Waals surface area contributed by atoms with Crippen molar-refractivity contribution >= 4 is 11.6 Å². The van der Waals surface area contributed by atoms with Crippen LogP contribution in [0.15, 0.2) is 36.4 Å². The molecule has 0 fully saturated rings. The zero-order valence-electron chi connectivity index (χ0n) is 12.1. The van der Waals surface area contributed by atoms with Gasteiger partial charge in [0, 0.05) is 16.6 Å². The van der Waals surface area contributed by atoms with Crippen LogP contribution >= 0.6 is 11.6 Å². The molecule has 4 heteroatoms. The predicted molar refractivity (Wildman–Crippen MR) is 82.7 cm³/mol. The van der Waals surface area contributed by atoms with Crippen LogP contribution in [-0.4, -0.2) is 6.54 Å². The highest BCUT2D eigenvalue weighted by Gasteiger charge is 2.17. The Bertz CT molecular complexity index is 628. The molecule has 0 aromatic heterocycles. The molecule has 0 heterocycles. The molecule has 0 aliphatic carbocycles. The Morgan fingerprint density at radius 3 is 2.57 bits per heavy atom. The van der Waals surface area contributed by atoms with Gasteiger partial charge in [-0.05, 0) is 61.3 Å². The zero-order valence-corrected chi connectivity index (χ0v) is 12.8. The first kappa shape index (κ1) is 15.9. The number of nitrogens with one attached hydrogen (secondary N) is 1. The summed E-state index contributed by atoms with van der Waals surface area (Å²) < 4.78 is 27.2. The Morgan fingerprint density at radius 1 is 1.14 bits per heavy atom. The van der Waals surface area contributed by atoms with Crippen molar-refractivity contribution in [3.8, 4) is 0 Å². The molecule has 0 aliphatic heterocycles. The minimum absolute atomic E-state index is 0.196. The van der Waals surface area contributed by atoms with Crippen LogP contribution in [0, 0.1) is 18.6 Å². The molecule has 1 unspecified atom stereocenters. The van der Waals surface area contributed by atoms with Gasteiger partial charge in [-0.2, -0.15) is 0 Å². The van der Waals surface area contributed by atoms with Gasteiger partial charge in [0.2, 0.25) is 0 Å². The molecule has 0 saturated heterocycles. The van der Waals surface area contributed by atoms with Crippen molar-refractivity contribution in [1.29, 1.82) is 0 Å². The smallest absolute Gasteiger partial charge is 0.128 e. The molecule has 2 rings (SSSR count). The minimum atomic E-state index is -0.287. The molecule has 112 valence electrons. The first-order chi connectivity index (χ1) is 10.0. The van der Waals surface area contributed by atoms with E-state index in [1.807, 2.05) is 13.8 Å². The predicted octanol–water partition coefficient (Wildman–Crippen LogP) is 4.82. The molecule has 21 heavy (non-hydrogen) atoms. The summed E-state index contributed by atoms with van der Waals surface area (Å²) in [6.07, 6.45) is 0.581. The fourth-order valence-electron chi connectivity index (χ4n) is 2.43. The lowest BCUT2D eigenvalue weighted by molar-refractivity contribution is 0.509. The van der Waals surface area contributed by atoms with E-state index < -0.39 is 0 Å². The van der Waals surface area contributed by atoms with Crippen molar-refractivity contribution in [2.45, 2.75) is 26.3 Å². The quantitative estimate of drug-likeness (QED) is 0.835. The molecule has 2 aromatic rings. The maximum absolute atomic E-state index is 14.1. The standard InChI is InChI=1S/C17H18ClF2N/c1-3-21-17(15-10-13(18)5-7-16(15)20)9-12-4-6-14(19)8-11(12)2/h4-8,10,17,21H,3,9H2,1-2H3. The van der Waals surface area contributed by atoms with Gasteiger partial charge in [0.15, 0.2) is 0 Å². The highest BCUT2D eigenvalue weighted by atomic mass is 35.5. The van der Waals surface area contributed by atoms with Gasteiger partial charge in [-0.25, -0.2) is 8.78 Å². The number of likely N-dealkylation sites (N-methyl/N-ethyl adjacent to an activating group) is 1. The Hall–Kier alpha value is -1.45. The largest absolute Gasteiger partial charge is 0.310 e. The van der Waals surface area contributed by atoms with E-state index in [1.54, 1.807) is 12.1 Å². The fourth-order valence-corrected chi connectivity index (χ4v) is 2.61. The molecular weight excluding hydrogens is 292 g/mol. The summed E-state index contributed by atoms with van der Waals surface area (Å²) >= 11 is 5.97. The average molecular weight is 310 g/mol. The van der Waals surface area contributed by atoms with E-state index in [2.05, 4.69) is 5.32 Å². The molecule has 0 radical (unpaired) electrons. The van der Waals surface area contributed by atoms with Crippen LogP contribution in [0.1, 0.15) is 29.7 Å². The molecule has 0 amide bonds. The second kappa shape index (κ2) is 7.01. The number of halogens is 3. The average Bonchev–Trinajstić information content (AvgIpc) is 2.44. The highest BCUT2D eigenvalue weighted by Crippen LogP contribution is 2.25. The number of benzene rings is 2. The number of hydrogen-bond donors (Lipinski definition) is 1. The van der Waals surface area contributed by atoms with Crippen molar-refractivity contribution < 1.29 is 8.78 Å². The van der Waals surface area contributed by atoms with Crippen LogP contribution in [0.25, 0.3) is 0 Å². The van der Waals surface area contributed by atoms with Gasteiger partial charge in [-0.15, -0.1) is 0 Å². The molecule has 1 nitrogen and oxygen atoms in total. The Labute approximate surface area is 128 Å². The minimum Gasteiger partial charge on any atom is -0.310 e. The normalized spacial score (nSPS) is 12.4. The summed E-state index contributed by atoms with van der Waals surface area (Å²) in [4.78, 5) is 0. The number of rotatable bonds is 5. The lowest BCUT2D eigenvalue weighted by atomic mass is 9.95. The third kappa shape index (κ3) is 4.02. The summed E-state index contributed by atoms with van der Waals surface area (Å²) in [5.74, 6) is -0.546. The third-order valence-electron chi connectivity index (χ3n) is 3.51. The maximum Gasteiger partial charge on any atom is 0.128 e. The van der Waals surface area contributed by atoms with Crippen molar-refractivity contribution in [3.63, 3.8) is 0 Å². The fraction of sp³-hybridized carbons (Fsp3) is 0.294. The summed E-state index contributed by atoms with van der Waals surface area (Å²) in [5, 5.41) is 3.77. The number of aryl methyl sites for hydroxylation is 1. The van der Waals surface area contributed by atoms with Gasteiger partial charge >= 0.3 is 0 Å². The summed E-state index contributed by atoms with van der Waals surface area (Å²) in [6.45, 7) is 4.53. The summed E-state index contributed by atoms with van der Waals surface area (Å²) in [6, 6.07) is 9.02. The lowest BCUT2D eigenvalue weighted by Gasteiger charge is -2.20. The van der Waals surface area contributed by atoms with E-state index >= 15 is 0 Å². The van der Waals surface area contributed by atoms with E-state index in [1.165, 1.54) is 24.3 Å². The van der Waals surface area contributed by atoms with E-state index in [0.717, 1.165) is 11.1 Å². The molecule has 0 aliphatic rings. The number of hydrogen-bond acceptors (Lipinski definition) is 1. The van der Waals surface area contributed by atoms with E-state index in [9.17, 15) is 8.78 Å². The Balaban J connectivity index is 2.32.